The van der Waals surface area contributed by atoms with Crippen LogP contribution in [0.5, 0.6) is 5.75 Å². The van der Waals surface area contributed by atoms with E-state index in [1.165, 1.54) is 25.1 Å². The molecular formula is C11H12O5S. The first-order valence-corrected chi connectivity index (χ1v) is 6.06. The summed E-state index contributed by atoms with van der Waals surface area (Å²) in [5, 5.41) is 0. The second-order valence-electron chi connectivity index (χ2n) is 3.24. The smallest absolute Gasteiger partial charge is 0.338 e. The van der Waals surface area contributed by atoms with E-state index in [0.29, 0.717) is 0 Å². The molecule has 0 aliphatic rings. The quantitative estimate of drug-likeness (QED) is 0.353. The van der Waals surface area contributed by atoms with Crippen molar-refractivity contribution in [2.75, 3.05) is 7.11 Å². The van der Waals surface area contributed by atoms with Gasteiger partial charge in [-0.05, 0) is 19.1 Å². The third kappa shape index (κ3) is 3.15. The van der Waals surface area contributed by atoms with E-state index < -0.39 is 16.1 Å². The van der Waals surface area contributed by atoms with Crippen molar-refractivity contribution in [2.45, 2.75) is 11.8 Å². The van der Waals surface area contributed by atoms with Crippen molar-refractivity contribution >= 4 is 16.1 Å². The number of esters is 1. The molecule has 0 fully saturated rings. The number of benzene rings is 1. The van der Waals surface area contributed by atoms with Crippen LogP contribution in [0.3, 0.4) is 0 Å². The highest BCUT2D eigenvalue weighted by Gasteiger charge is 2.20. The zero-order chi connectivity index (χ0) is 13.1. The van der Waals surface area contributed by atoms with Crippen molar-refractivity contribution in [1.29, 1.82) is 0 Å². The molecule has 0 spiro atoms. The Morgan fingerprint density at radius 3 is 2.41 bits per heavy atom. The normalized spacial score (nSPS) is 10.9. The van der Waals surface area contributed by atoms with Gasteiger partial charge in [0.1, 0.15) is 4.90 Å². The van der Waals surface area contributed by atoms with E-state index in [4.69, 9.17) is 4.74 Å². The lowest BCUT2D eigenvalue weighted by Crippen LogP contribution is -2.12. The van der Waals surface area contributed by atoms with Gasteiger partial charge in [0.25, 0.3) is 10.1 Å². The van der Waals surface area contributed by atoms with E-state index in [1.807, 2.05) is 0 Å². The molecule has 0 amide bonds. The van der Waals surface area contributed by atoms with Gasteiger partial charge in [-0.2, -0.15) is 8.42 Å². The number of carbonyl (C=O) groups is 1. The summed E-state index contributed by atoms with van der Waals surface area (Å²) >= 11 is 0. The van der Waals surface area contributed by atoms with Crippen LogP contribution in [-0.2, 0) is 19.1 Å². The van der Waals surface area contributed by atoms with Crippen LogP contribution in [0.2, 0.25) is 0 Å². The number of rotatable bonds is 4. The van der Waals surface area contributed by atoms with Crippen LogP contribution in [0.25, 0.3) is 0 Å². The second-order valence-corrected chi connectivity index (χ2v) is 4.92. The lowest BCUT2D eigenvalue weighted by atomic mass is 10.3. The fraction of sp³-hybridized carbons (Fsp3) is 0.182. The Labute approximate surface area is 99.8 Å². The maximum Gasteiger partial charge on any atom is 0.338 e. The monoisotopic (exact) mass is 256 g/mol. The Hall–Kier alpha value is -1.66. The van der Waals surface area contributed by atoms with E-state index in [2.05, 4.69) is 10.8 Å². The first-order chi connectivity index (χ1) is 7.88. The maximum atomic E-state index is 11.5. The number of hydrogen-bond donors (Lipinski definition) is 0. The molecule has 1 rings (SSSR count). The van der Waals surface area contributed by atoms with Crippen LogP contribution in [0.4, 0.5) is 0 Å². The minimum Gasteiger partial charge on any atom is -0.422 e. The predicted octanol–water partition coefficient (Wildman–Crippen LogP) is 1.50. The predicted molar refractivity (Wildman–Crippen MR) is 61.1 cm³/mol. The fourth-order valence-corrected chi connectivity index (χ4v) is 1.80. The molecule has 1 aromatic carbocycles. The molecule has 0 saturated carbocycles. The number of carbonyl (C=O) groups excluding carboxylic acids is 1. The van der Waals surface area contributed by atoms with Crippen LogP contribution in [0.1, 0.15) is 6.92 Å². The third-order valence-corrected chi connectivity index (χ3v) is 3.20. The van der Waals surface area contributed by atoms with Gasteiger partial charge in [0.05, 0.1) is 7.11 Å². The maximum absolute atomic E-state index is 11.5. The summed E-state index contributed by atoms with van der Waals surface area (Å²) in [6.07, 6.45) is 0. The van der Waals surface area contributed by atoms with Gasteiger partial charge < -0.3 is 4.74 Å². The van der Waals surface area contributed by atoms with Crippen LogP contribution in [0.15, 0.2) is 41.3 Å². The standard InChI is InChI=1S/C11H12O5S/c1-8(2)11(12)16-9-6-4-5-7-10(9)17(13,14)15-3/h4-7H,1H2,2-3H3. The van der Waals surface area contributed by atoms with Gasteiger partial charge in [0.15, 0.2) is 5.75 Å². The Bertz CT molecular complexity index is 545. The van der Waals surface area contributed by atoms with E-state index in [-0.39, 0.29) is 16.2 Å². The summed E-state index contributed by atoms with van der Waals surface area (Å²) in [5.41, 5.74) is 0.176. The topological polar surface area (TPSA) is 69.7 Å². The van der Waals surface area contributed by atoms with Gasteiger partial charge in [-0.25, -0.2) is 4.79 Å². The van der Waals surface area contributed by atoms with Crippen molar-refractivity contribution in [3.8, 4) is 5.75 Å². The van der Waals surface area contributed by atoms with Gasteiger partial charge in [-0.15, -0.1) is 0 Å². The van der Waals surface area contributed by atoms with Crippen LogP contribution >= 0.6 is 0 Å². The molecule has 0 radical (unpaired) electrons. The van der Waals surface area contributed by atoms with Crippen molar-refractivity contribution in [3.05, 3.63) is 36.4 Å². The van der Waals surface area contributed by atoms with Crippen molar-refractivity contribution in [1.82, 2.24) is 0 Å². The summed E-state index contributed by atoms with van der Waals surface area (Å²) < 4.78 is 32.3. The molecule has 0 bridgehead atoms. The van der Waals surface area contributed by atoms with Gasteiger partial charge in [-0.1, -0.05) is 18.7 Å². The zero-order valence-corrected chi connectivity index (χ0v) is 10.3. The second kappa shape index (κ2) is 5.11. The number of ether oxygens (including phenoxy) is 1. The molecule has 0 heterocycles. The van der Waals surface area contributed by atoms with Crippen LogP contribution in [0, 0.1) is 0 Å². The minimum absolute atomic E-state index is 0.0812. The molecule has 1 aromatic rings. The average Bonchev–Trinajstić information content (AvgIpc) is 2.29. The lowest BCUT2D eigenvalue weighted by molar-refractivity contribution is -0.130. The molecule has 0 aliphatic heterocycles. The summed E-state index contributed by atoms with van der Waals surface area (Å²) in [4.78, 5) is 11.1. The molecule has 0 N–H and O–H groups in total. The van der Waals surface area contributed by atoms with Gasteiger partial charge in [0.2, 0.25) is 0 Å². The molecule has 92 valence electrons. The minimum atomic E-state index is -3.91. The molecule has 6 heteroatoms. The first-order valence-electron chi connectivity index (χ1n) is 4.66. The Balaban J connectivity index is 3.18. The van der Waals surface area contributed by atoms with Crippen molar-refractivity contribution in [2.24, 2.45) is 0 Å². The highest BCUT2D eigenvalue weighted by atomic mass is 32.2. The highest BCUT2D eigenvalue weighted by Crippen LogP contribution is 2.25. The molecular weight excluding hydrogens is 244 g/mol. The van der Waals surface area contributed by atoms with E-state index >= 15 is 0 Å². The van der Waals surface area contributed by atoms with E-state index in [9.17, 15) is 13.2 Å². The molecule has 0 saturated heterocycles. The summed E-state index contributed by atoms with van der Waals surface area (Å²) in [6, 6.07) is 5.71. The van der Waals surface area contributed by atoms with Gasteiger partial charge >= 0.3 is 5.97 Å². The summed E-state index contributed by atoms with van der Waals surface area (Å²) in [6.45, 7) is 4.88. The molecule has 5 nitrogen and oxygen atoms in total. The molecule has 0 atom stereocenters. The third-order valence-electron chi connectivity index (χ3n) is 1.89. The number of para-hydroxylation sites is 1. The van der Waals surface area contributed by atoms with Gasteiger partial charge in [0, 0.05) is 5.57 Å². The fourth-order valence-electron chi connectivity index (χ4n) is 1.02. The Morgan fingerprint density at radius 1 is 1.29 bits per heavy atom. The van der Waals surface area contributed by atoms with Gasteiger partial charge in [-0.3, -0.25) is 4.18 Å². The molecule has 0 aromatic heterocycles. The first kappa shape index (κ1) is 13.4. The average molecular weight is 256 g/mol. The van der Waals surface area contributed by atoms with E-state index in [1.54, 1.807) is 6.07 Å². The highest BCUT2D eigenvalue weighted by molar-refractivity contribution is 7.86. The zero-order valence-electron chi connectivity index (χ0n) is 9.47. The van der Waals surface area contributed by atoms with E-state index in [0.717, 1.165) is 7.11 Å². The molecule has 0 unspecified atom stereocenters. The van der Waals surface area contributed by atoms with Crippen molar-refractivity contribution in [3.63, 3.8) is 0 Å². The van der Waals surface area contributed by atoms with Crippen LogP contribution < -0.4 is 4.74 Å². The summed E-state index contributed by atoms with van der Waals surface area (Å²) in [5.74, 6) is -0.772. The SMILES string of the molecule is C=C(C)C(=O)Oc1ccccc1S(=O)(=O)OC. The summed E-state index contributed by atoms with van der Waals surface area (Å²) in [7, 11) is -2.87. The number of hydrogen-bond acceptors (Lipinski definition) is 5. The van der Waals surface area contributed by atoms with Crippen LogP contribution in [-0.4, -0.2) is 21.5 Å². The largest absolute Gasteiger partial charge is 0.422 e. The molecule has 17 heavy (non-hydrogen) atoms. The Morgan fingerprint density at radius 2 is 1.88 bits per heavy atom. The molecule has 0 aliphatic carbocycles. The Kier molecular flexibility index (Phi) is 4.03. The van der Waals surface area contributed by atoms with Crippen molar-refractivity contribution < 1.29 is 22.1 Å². The lowest BCUT2D eigenvalue weighted by Gasteiger charge is -2.08.